The summed E-state index contributed by atoms with van der Waals surface area (Å²) in [5.74, 6) is -0.778. The van der Waals surface area contributed by atoms with E-state index in [-0.39, 0.29) is 16.9 Å². The summed E-state index contributed by atoms with van der Waals surface area (Å²) < 4.78 is 44.6. The summed E-state index contributed by atoms with van der Waals surface area (Å²) in [5.41, 5.74) is 0.139. The molecule has 0 aromatic heterocycles. The topological polar surface area (TPSA) is 46.6 Å². The number of amides is 2. The third kappa shape index (κ3) is 3.55. The van der Waals surface area contributed by atoms with Crippen molar-refractivity contribution >= 4 is 11.8 Å². The van der Waals surface area contributed by atoms with Gasteiger partial charge in [0.15, 0.2) is 0 Å². The van der Waals surface area contributed by atoms with Gasteiger partial charge >= 0.3 is 6.18 Å². The van der Waals surface area contributed by atoms with Crippen LogP contribution in [0.4, 0.5) is 13.2 Å². The monoisotopic (exact) mass is 399 g/mol. The van der Waals surface area contributed by atoms with E-state index in [9.17, 15) is 22.8 Å². The summed E-state index contributed by atoms with van der Waals surface area (Å²) in [4.78, 5) is 27.2. The first kappa shape index (κ1) is 19.0. The van der Waals surface area contributed by atoms with Crippen molar-refractivity contribution in [2.75, 3.05) is 0 Å². The van der Waals surface area contributed by atoms with Crippen LogP contribution in [-0.4, -0.2) is 16.7 Å². The fraction of sp³-hybridized carbons (Fsp3) is 0.182. The lowest BCUT2D eigenvalue weighted by molar-refractivity contribution is -0.138. The first-order valence-corrected chi connectivity index (χ1v) is 9.02. The number of benzene rings is 2. The molecule has 4 rings (SSSR count). The molecule has 1 heterocycles. The molecule has 0 fully saturated rings. The van der Waals surface area contributed by atoms with E-state index >= 15 is 0 Å². The largest absolute Gasteiger partial charge is 0.465 e. The average molecular weight is 399 g/mol. The van der Waals surface area contributed by atoms with Crippen molar-refractivity contribution < 1.29 is 27.5 Å². The molecule has 29 heavy (non-hydrogen) atoms. The van der Waals surface area contributed by atoms with E-state index in [4.69, 9.17) is 4.74 Å². The Kier molecular flexibility index (Phi) is 4.74. The molecule has 1 aliphatic heterocycles. The Bertz CT molecular complexity index is 1020. The first-order chi connectivity index (χ1) is 13.9. The van der Waals surface area contributed by atoms with Gasteiger partial charge in [0, 0.05) is 11.1 Å². The Morgan fingerprint density at radius 2 is 1.79 bits per heavy atom. The summed E-state index contributed by atoms with van der Waals surface area (Å²) in [6.07, 6.45) is 0.801. The number of fused-ring (bicyclic) bond motifs is 1. The van der Waals surface area contributed by atoms with Crippen molar-refractivity contribution in [1.29, 1.82) is 0 Å². The zero-order chi connectivity index (χ0) is 20.6. The number of allylic oxidation sites excluding steroid dienone is 3. The second-order valence-corrected chi connectivity index (χ2v) is 6.73. The highest BCUT2D eigenvalue weighted by atomic mass is 19.4. The van der Waals surface area contributed by atoms with E-state index in [0.717, 1.165) is 17.0 Å². The minimum atomic E-state index is -4.48. The fourth-order valence-corrected chi connectivity index (χ4v) is 3.34. The van der Waals surface area contributed by atoms with Gasteiger partial charge in [-0.3, -0.25) is 9.59 Å². The van der Waals surface area contributed by atoms with E-state index in [2.05, 4.69) is 0 Å². The smallest absolute Gasteiger partial charge is 0.416 e. The SMILES string of the molecule is O=C(C1=CC=CCC1)N1C(=O)c2ccccc2OC1c1ccc(C(F)(F)F)cc1. The van der Waals surface area contributed by atoms with Crippen molar-refractivity contribution in [1.82, 2.24) is 4.90 Å². The Hall–Kier alpha value is -3.35. The first-order valence-electron chi connectivity index (χ1n) is 9.02. The molecule has 2 aromatic rings. The summed E-state index contributed by atoms with van der Waals surface area (Å²) in [6, 6.07) is 10.8. The van der Waals surface area contributed by atoms with Crippen LogP contribution in [0.2, 0.25) is 0 Å². The van der Waals surface area contributed by atoms with Gasteiger partial charge in [0.25, 0.3) is 11.8 Å². The molecule has 1 unspecified atom stereocenters. The maximum absolute atomic E-state index is 13.1. The van der Waals surface area contributed by atoms with Crippen LogP contribution in [0.25, 0.3) is 0 Å². The summed E-state index contributed by atoms with van der Waals surface area (Å²) in [5, 5.41) is 0. The molecule has 7 heteroatoms. The number of nitrogens with zero attached hydrogens (tertiary/aromatic N) is 1. The Balaban J connectivity index is 1.76. The van der Waals surface area contributed by atoms with Gasteiger partial charge in [0.1, 0.15) is 5.75 Å². The fourth-order valence-electron chi connectivity index (χ4n) is 3.34. The molecular weight excluding hydrogens is 383 g/mol. The van der Waals surface area contributed by atoms with Gasteiger partial charge in [-0.2, -0.15) is 13.2 Å². The van der Waals surface area contributed by atoms with Crippen molar-refractivity contribution in [3.63, 3.8) is 0 Å². The maximum atomic E-state index is 13.1. The quantitative estimate of drug-likeness (QED) is 0.665. The lowest BCUT2D eigenvalue weighted by Gasteiger charge is -2.36. The number of halogens is 3. The molecule has 0 saturated heterocycles. The number of para-hydroxylation sites is 1. The number of hydrogen-bond donors (Lipinski definition) is 0. The third-order valence-electron chi connectivity index (χ3n) is 4.84. The second-order valence-electron chi connectivity index (χ2n) is 6.73. The third-order valence-corrected chi connectivity index (χ3v) is 4.84. The second kappa shape index (κ2) is 7.24. The predicted molar refractivity (Wildman–Crippen MR) is 98.9 cm³/mol. The van der Waals surface area contributed by atoms with Crippen molar-refractivity contribution in [2.45, 2.75) is 25.2 Å². The maximum Gasteiger partial charge on any atom is 0.416 e. The van der Waals surface area contributed by atoms with Crippen LogP contribution in [-0.2, 0) is 11.0 Å². The van der Waals surface area contributed by atoms with E-state index in [1.807, 2.05) is 6.08 Å². The summed E-state index contributed by atoms with van der Waals surface area (Å²) >= 11 is 0. The van der Waals surface area contributed by atoms with Gasteiger partial charge in [-0.15, -0.1) is 0 Å². The molecule has 2 aromatic carbocycles. The number of ether oxygens (including phenoxy) is 1. The standard InChI is InChI=1S/C22H16F3NO3/c23-22(24,25)16-12-10-15(11-13-16)21-26(19(27)14-6-2-1-3-7-14)20(28)17-8-4-5-9-18(17)29-21/h1-2,4-6,8-13,21H,3,7H2. The Morgan fingerprint density at radius 3 is 2.45 bits per heavy atom. The van der Waals surface area contributed by atoms with Crippen molar-refractivity contribution in [3.8, 4) is 5.75 Å². The lowest BCUT2D eigenvalue weighted by Crippen LogP contribution is -2.46. The van der Waals surface area contributed by atoms with Crippen LogP contribution in [0, 0.1) is 0 Å². The van der Waals surface area contributed by atoms with Crippen molar-refractivity contribution in [3.05, 3.63) is 89.0 Å². The van der Waals surface area contributed by atoms with E-state index in [1.54, 1.807) is 36.4 Å². The molecule has 0 bridgehead atoms. The van der Waals surface area contributed by atoms with Crippen LogP contribution in [0.1, 0.15) is 40.6 Å². The molecule has 4 nitrogen and oxygen atoms in total. The zero-order valence-electron chi connectivity index (χ0n) is 15.1. The molecule has 1 atom stereocenters. The highest BCUT2D eigenvalue weighted by Gasteiger charge is 2.40. The molecule has 0 spiro atoms. The molecule has 0 saturated carbocycles. The van der Waals surface area contributed by atoms with Crippen LogP contribution >= 0.6 is 0 Å². The number of hydrogen-bond acceptors (Lipinski definition) is 3. The van der Waals surface area contributed by atoms with E-state index in [0.29, 0.717) is 18.4 Å². The van der Waals surface area contributed by atoms with Gasteiger partial charge in [-0.25, -0.2) is 4.90 Å². The normalized spacial score (nSPS) is 18.7. The number of carbonyl (C=O) groups excluding carboxylic acids is 2. The van der Waals surface area contributed by atoms with Gasteiger partial charge in [-0.1, -0.05) is 42.5 Å². The minimum Gasteiger partial charge on any atom is -0.465 e. The van der Waals surface area contributed by atoms with Crippen LogP contribution in [0.3, 0.4) is 0 Å². The predicted octanol–water partition coefficient (Wildman–Crippen LogP) is 5.04. The molecule has 2 aliphatic rings. The van der Waals surface area contributed by atoms with Gasteiger partial charge in [0.2, 0.25) is 6.23 Å². The highest BCUT2D eigenvalue weighted by Crippen LogP contribution is 2.37. The number of alkyl halides is 3. The van der Waals surface area contributed by atoms with Gasteiger partial charge < -0.3 is 4.74 Å². The lowest BCUT2D eigenvalue weighted by atomic mass is 10.0. The minimum absolute atomic E-state index is 0.232. The highest BCUT2D eigenvalue weighted by molar-refractivity contribution is 6.12. The summed E-state index contributed by atoms with van der Waals surface area (Å²) in [7, 11) is 0. The number of carbonyl (C=O) groups is 2. The van der Waals surface area contributed by atoms with Gasteiger partial charge in [0.05, 0.1) is 11.1 Å². The molecule has 2 amide bonds. The molecular formula is C22H16F3NO3. The Morgan fingerprint density at radius 1 is 1.07 bits per heavy atom. The van der Waals surface area contributed by atoms with E-state index in [1.165, 1.54) is 12.1 Å². The van der Waals surface area contributed by atoms with Crippen LogP contribution in [0.5, 0.6) is 5.75 Å². The Labute approximate surface area is 164 Å². The van der Waals surface area contributed by atoms with Crippen molar-refractivity contribution in [2.24, 2.45) is 0 Å². The molecule has 148 valence electrons. The summed E-state index contributed by atoms with van der Waals surface area (Å²) in [6.45, 7) is 0. The zero-order valence-corrected chi connectivity index (χ0v) is 15.1. The van der Waals surface area contributed by atoms with E-state index < -0.39 is 29.8 Å². The van der Waals surface area contributed by atoms with Crippen LogP contribution in [0.15, 0.2) is 72.3 Å². The molecule has 0 radical (unpaired) electrons. The van der Waals surface area contributed by atoms with Gasteiger partial charge in [-0.05, 0) is 37.1 Å². The number of imide groups is 1. The number of rotatable bonds is 2. The van der Waals surface area contributed by atoms with Crippen LogP contribution < -0.4 is 4.74 Å². The molecule has 0 N–H and O–H groups in total. The molecule has 1 aliphatic carbocycles. The average Bonchev–Trinajstić information content (AvgIpc) is 2.73.